The smallest absolute Gasteiger partial charge is 0.239 e. The van der Waals surface area contributed by atoms with E-state index in [1.165, 1.54) is 6.33 Å². The average Bonchev–Trinajstić information content (AvgIpc) is 3.13. The summed E-state index contributed by atoms with van der Waals surface area (Å²) in [4.78, 5) is 18.1. The molecule has 2 unspecified atom stereocenters. The van der Waals surface area contributed by atoms with Gasteiger partial charge in [0.25, 0.3) is 0 Å². The van der Waals surface area contributed by atoms with Gasteiger partial charge in [-0.3, -0.25) is 14.4 Å². The second-order valence-electron chi connectivity index (χ2n) is 5.37. The molecule has 2 atom stereocenters. The fourth-order valence-electron chi connectivity index (χ4n) is 3.09. The normalized spacial score (nSPS) is 20.5. The highest BCUT2D eigenvalue weighted by molar-refractivity contribution is 5.81. The van der Waals surface area contributed by atoms with Crippen LogP contribution in [-0.4, -0.2) is 38.2 Å². The highest BCUT2D eigenvalue weighted by atomic mass is 16.1. The molecule has 0 spiro atoms. The van der Waals surface area contributed by atoms with E-state index in [-0.39, 0.29) is 18.0 Å². The maximum absolute atomic E-state index is 12.0. The molecule has 2 aromatic rings. The van der Waals surface area contributed by atoms with Crippen LogP contribution in [0, 0.1) is 0 Å². The first-order valence-electron chi connectivity index (χ1n) is 7.18. The Bertz CT molecular complexity index is 583. The van der Waals surface area contributed by atoms with Crippen molar-refractivity contribution in [2.45, 2.75) is 31.5 Å². The summed E-state index contributed by atoms with van der Waals surface area (Å²) in [7, 11) is 0. The second-order valence-corrected chi connectivity index (χ2v) is 5.37. The van der Waals surface area contributed by atoms with E-state index in [0.29, 0.717) is 0 Å². The Morgan fingerprint density at radius 3 is 2.86 bits per heavy atom. The fraction of sp³-hybridized carbons (Fsp3) is 0.400. The van der Waals surface area contributed by atoms with E-state index in [1.807, 2.05) is 35.0 Å². The van der Waals surface area contributed by atoms with Gasteiger partial charge in [-0.25, -0.2) is 4.98 Å². The molecule has 2 heterocycles. The standard InChI is InChI=1S/C15H19N5O/c16-15(21)14(12-5-2-1-3-6-12)20-8-4-7-13(20)9-19-11-17-10-18-19/h1-3,5-6,10-11,13-14H,4,7-9H2,(H2,16,21). The molecule has 1 aliphatic rings. The second kappa shape index (κ2) is 6.05. The molecule has 1 aliphatic heterocycles. The Labute approximate surface area is 123 Å². The van der Waals surface area contributed by atoms with Gasteiger partial charge < -0.3 is 5.73 Å². The van der Waals surface area contributed by atoms with Crippen molar-refractivity contribution in [1.82, 2.24) is 19.7 Å². The van der Waals surface area contributed by atoms with Crippen LogP contribution >= 0.6 is 0 Å². The van der Waals surface area contributed by atoms with Gasteiger partial charge in [0.15, 0.2) is 0 Å². The van der Waals surface area contributed by atoms with Crippen molar-refractivity contribution in [2.75, 3.05) is 6.54 Å². The zero-order valence-electron chi connectivity index (χ0n) is 11.8. The van der Waals surface area contributed by atoms with E-state index < -0.39 is 0 Å². The van der Waals surface area contributed by atoms with Crippen LogP contribution in [0.1, 0.15) is 24.4 Å². The Morgan fingerprint density at radius 1 is 1.38 bits per heavy atom. The van der Waals surface area contributed by atoms with Gasteiger partial charge in [0, 0.05) is 6.04 Å². The van der Waals surface area contributed by atoms with Crippen LogP contribution in [0.15, 0.2) is 43.0 Å². The summed E-state index contributed by atoms with van der Waals surface area (Å²) < 4.78 is 1.81. The third-order valence-corrected chi connectivity index (χ3v) is 4.00. The molecule has 2 N–H and O–H groups in total. The van der Waals surface area contributed by atoms with E-state index >= 15 is 0 Å². The molecule has 6 nitrogen and oxygen atoms in total. The number of hydrogen-bond acceptors (Lipinski definition) is 4. The van der Waals surface area contributed by atoms with Crippen molar-refractivity contribution in [3.05, 3.63) is 48.5 Å². The monoisotopic (exact) mass is 285 g/mol. The lowest BCUT2D eigenvalue weighted by Crippen LogP contribution is -2.42. The molecule has 1 saturated heterocycles. The average molecular weight is 285 g/mol. The quantitative estimate of drug-likeness (QED) is 0.888. The molecule has 0 aliphatic carbocycles. The van der Waals surface area contributed by atoms with Gasteiger partial charge in [-0.1, -0.05) is 30.3 Å². The molecule has 3 rings (SSSR count). The van der Waals surface area contributed by atoms with Gasteiger partial charge in [0.05, 0.1) is 6.54 Å². The van der Waals surface area contributed by atoms with E-state index in [4.69, 9.17) is 5.73 Å². The van der Waals surface area contributed by atoms with Crippen molar-refractivity contribution in [2.24, 2.45) is 5.73 Å². The molecular weight excluding hydrogens is 266 g/mol. The fourth-order valence-corrected chi connectivity index (χ4v) is 3.09. The topological polar surface area (TPSA) is 77.0 Å². The van der Waals surface area contributed by atoms with E-state index in [0.717, 1.165) is 31.5 Å². The van der Waals surface area contributed by atoms with Crippen molar-refractivity contribution in [3.63, 3.8) is 0 Å². The molecule has 1 amide bonds. The van der Waals surface area contributed by atoms with Crippen molar-refractivity contribution in [1.29, 1.82) is 0 Å². The zero-order valence-corrected chi connectivity index (χ0v) is 11.8. The van der Waals surface area contributed by atoms with Crippen molar-refractivity contribution >= 4 is 5.91 Å². The van der Waals surface area contributed by atoms with Crippen LogP contribution in [0.4, 0.5) is 0 Å². The first-order valence-corrected chi connectivity index (χ1v) is 7.18. The maximum Gasteiger partial charge on any atom is 0.239 e. The van der Waals surface area contributed by atoms with E-state index in [9.17, 15) is 4.79 Å². The number of carbonyl (C=O) groups is 1. The van der Waals surface area contributed by atoms with E-state index in [1.54, 1.807) is 6.33 Å². The summed E-state index contributed by atoms with van der Waals surface area (Å²) in [6.07, 6.45) is 5.34. The first kappa shape index (κ1) is 13.8. The van der Waals surface area contributed by atoms with Gasteiger partial charge in [-0.05, 0) is 24.9 Å². The van der Waals surface area contributed by atoms with Crippen LogP contribution in [0.3, 0.4) is 0 Å². The maximum atomic E-state index is 12.0. The first-order chi connectivity index (χ1) is 10.3. The minimum absolute atomic E-state index is 0.254. The van der Waals surface area contributed by atoms with Crippen LogP contribution in [0.5, 0.6) is 0 Å². The van der Waals surface area contributed by atoms with Crippen LogP contribution in [0.2, 0.25) is 0 Å². The number of amides is 1. The Balaban J connectivity index is 1.83. The molecule has 1 aromatic heterocycles. The Hall–Kier alpha value is -2.21. The summed E-state index contributed by atoms with van der Waals surface area (Å²) in [6, 6.07) is 9.62. The van der Waals surface area contributed by atoms with E-state index in [2.05, 4.69) is 15.0 Å². The third-order valence-electron chi connectivity index (χ3n) is 4.00. The van der Waals surface area contributed by atoms with Gasteiger partial charge in [-0.15, -0.1) is 0 Å². The Morgan fingerprint density at radius 2 is 2.19 bits per heavy atom. The van der Waals surface area contributed by atoms with Gasteiger partial charge >= 0.3 is 0 Å². The lowest BCUT2D eigenvalue weighted by molar-refractivity contribution is -0.124. The number of nitrogens with zero attached hydrogens (tertiary/aromatic N) is 4. The minimum Gasteiger partial charge on any atom is -0.368 e. The molecule has 6 heteroatoms. The number of aromatic nitrogens is 3. The largest absolute Gasteiger partial charge is 0.368 e. The predicted molar refractivity (Wildman–Crippen MR) is 78.1 cm³/mol. The third kappa shape index (κ3) is 2.95. The lowest BCUT2D eigenvalue weighted by Gasteiger charge is -2.31. The number of carbonyl (C=O) groups excluding carboxylic acids is 1. The van der Waals surface area contributed by atoms with Crippen LogP contribution in [-0.2, 0) is 11.3 Å². The SMILES string of the molecule is NC(=O)C(c1ccccc1)N1CCCC1Cn1cncn1. The van der Waals surface area contributed by atoms with Crippen LogP contribution in [0.25, 0.3) is 0 Å². The van der Waals surface area contributed by atoms with Gasteiger partial charge in [-0.2, -0.15) is 5.10 Å². The number of primary amides is 1. The van der Waals surface area contributed by atoms with Crippen molar-refractivity contribution < 1.29 is 4.79 Å². The van der Waals surface area contributed by atoms with Gasteiger partial charge in [0.2, 0.25) is 5.91 Å². The van der Waals surface area contributed by atoms with Crippen LogP contribution < -0.4 is 5.73 Å². The molecule has 21 heavy (non-hydrogen) atoms. The summed E-state index contributed by atoms with van der Waals surface area (Å²) in [5.74, 6) is -0.299. The van der Waals surface area contributed by atoms with Gasteiger partial charge in [0.1, 0.15) is 18.7 Å². The number of hydrogen-bond donors (Lipinski definition) is 1. The summed E-state index contributed by atoms with van der Waals surface area (Å²) in [6.45, 7) is 1.61. The molecule has 0 bridgehead atoms. The molecule has 1 fully saturated rings. The number of rotatable bonds is 5. The highest BCUT2D eigenvalue weighted by Crippen LogP contribution is 2.30. The van der Waals surface area contributed by atoms with Crippen molar-refractivity contribution in [3.8, 4) is 0 Å². The minimum atomic E-state index is -0.373. The highest BCUT2D eigenvalue weighted by Gasteiger charge is 2.34. The number of likely N-dealkylation sites (tertiary alicyclic amines) is 1. The lowest BCUT2D eigenvalue weighted by atomic mass is 10.0. The molecule has 110 valence electrons. The number of nitrogens with two attached hydrogens (primary N) is 1. The summed E-state index contributed by atoms with van der Waals surface area (Å²) in [5.41, 5.74) is 6.62. The number of benzene rings is 1. The summed E-state index contributed by atoms with van der Waals surface area (Å²) in [5, 5.41) is 4.15. The summed E-state index contributed by atoms with van der Waals surface area (Å²) >= 11 is 0. The zero-order chi connectivity index (χ0) is 14.7. The molecule has 1 aromatic carbocycles. The molecule has 0 radical (unpaired) electrons. The predicted octanol–water partition coefficient (Wildman–Crippen LogP) is 0.969. The molecular formula is C15H19N5O. The molecule has 0 saturated carbocycles. The Kier molecular flexibility index (Phi) is 3.96.